The molecule has 0 aliphatic carbocycles. The predicted molar refractivity (Wildman–Crippen MR) is 73.4 cm³/mol. The van der Waals surface area contributed by atoms with Gasteiger partial charge in [-0.25, -0.2) is 0 Å². The van der Waals surface area contributed by atoms with Crippen molar-refractivity contribution >= 4 is 40.7 Å². The number of hydrogen-bond acceptors (Lipinski definition) is 1. The lowest BCUT2D eigenvalue weighted by atomic mass is 10.2. The van der Waals surface area contributed by atoms with Crippen LogP contribution in [-0.4, -0.2) is 10.9 Å². The van der Waals surface area contributed by atoms with E-state index in [1.807, 2.05) is 12.1 Å². The van der Waals surface area contributed by atoms with Gasteiger partial charge in [0.2, 0.25) is 0 Å². The minimum absolute atomic E-state index is 0.254. The van der Waals surface area contributed by atoms with Crippen molar-refractivity contribution < 1.29 is 4.79 Å². The molecular weight excluding hydrogens is 295 g/mol. The van der Waals surface area contributed by atoms with E-state index in [0.717, 1.165) is 5.56 Å². The quantitative estimate of drug-likeness (QED) is 0.887. The molecule has 94 valence electrons. The summed E-state index contributed by atoms with van der Waals surface area (Å²) in [6, 6.07) is 8.75. The monoisotopic (exact) mass is 302 g/mol. The van der Waals surface area contributed by atoms with Crippen LogP contribution in [0.15, 0.2) is 30.3 Å². The van der Waals surface area contributed by atoms with Crippen molar-refractivity contribution in [3.63, 3.8) is 0 Å². The molecule has 0 spiro atoms. The zero-order valence-corrected chi connectivity index (χ0v) is 11.4. The van der Waals surface area contributed by atoms with E-state index in [9.17, 15) is 4.79 Å². The molecule has 1 heterocycles. The molecule has 0 bridgehead atoms. The number of nitrogens with one attached hydrogen (secondary N) is 2. The average molecular weight is 304 g/mol. The Morgan fingerprint density at radius 1 is 1.22 bits per heavy atom. The second-order valence-corrected chi connectivity index (χ2v) is 4.88. The van der Waals surface area contributed by atoms with Crippen LogP contribution in [0.25, 0.3) is 0 Å². The van der Waals surface area contributed by atoms with Crippen molar-refractivity contribution in [2.75, 3.05) is 0 Å². The molecule has 1 aromatic heterocycles. The molecule has 0 radical (unpaired) electrons. The lowest BCUT2D eigenvalue weighted by molar-refractivity contribution is 0.0946. The van der Waals surface area contributed by atoms with Crippen LogP contribution in [0.5, 0.6) is 0 Å². The van der Waals surface area contributed by atoms with Crippen LogP contribution in [0, 0.1) is 0 Å². The predicted octanol–water partition coefficient (Wildman–Crippen LogP) is 3.90. The van der Waals surface area contributed by atoms with Crippen molar-refractivity contribution in [2.45, 2.75) is 6.54 Å². The van der Waals surface area contributed by atoms with Gasteiger partial charge in [-0.15, -0.1) is 0 Å². The summed E-state index contributed by atoms with van der Waals surface area (Å²) in [5, 5.41) is 3.95. The summed E-state index contributed by atoms with van der Waals surface area (Å²) in [5.41, 5.74) is 1.24. The first-order chi connectivity index (χ1) is 8.56. The fourth-order valence-electron chi connectivity index (χ4n) is 1.45. The highest BCUT2D eigenvalue weighted by molar-refractivity contribution is 6.41. The van der Waals surface area contributed by atoms with Crippen LogP contribution in [0.1, 0.15) is 16.1 Å². The second kappa shape index (κ2) is 5.65. The number of aromatic nitrogens is 1. The maximum Gasteiger partial charge on any atom is 0.268 e. The summed E-state index contributed by atoms with van der Waals surface area (Å²) in [7, 11) is 0. The van der Waals surface area contributed by atoms with Crippen LogP contribution in [0.2, 0.25) is 15.2 Å². The summed E-state index contributed by atoms with van der Waals surface area (Å²) in [4.78, 5) is 14.5. The summed E-state index contributed by atoms with van der Waals surface area (Å²) < 4.78 is 0. The fourth-order valence-corrected chi connectivity index (χ4v) is 1.98. The number of rotatable bonds is 3. The largest absolute Gasteiger partial charge is 0.347 e. The van der Waals surface area contributed by atoms with Gasteiger partial charge in [0.25, 0.3) is 5.91 Å². The SMILES string of the molecule is O=C(NCc1cccc(Cl)c1)c1cc(Cl)c(Cl)[nH]1. The highest BCUT2D eigenvalue weighted by Crippen LogP contribution is 2.21. The molecule has 0 atom stereocenters. The van der Waals surface area contributed by atoms with Crippen LogP contribution in [-0.2, 0) is 6.54 Å². The van der Waals surface area contributed by atoms with E-state index in [4.69, 9.17) is 34.8 Å². The zero-order chi connectivity index (χ0) is 13.1. The van der Waals surface area contributed by atoms with Gasteiger partial charge in [0.05, 0.1) is 5.02 Å². The minimum Gasteiger partial charge on any atom is -0.347 e. The summed E-state index contributed by atoms with van der Waals surface area (Å²) >= 11 is 17.3. The van der Waals surface area contributed by atoms with Crippen LogP contribution < -0.4 is 5.32 Å². The number of carbonyl (C=O) groups excluding carboxylic acids is 1. The van der Waals surface area contributed by atoms with Gasteiger partial charge in [-0.2, -0.15) is 0 Å². The molecule has 0 fully saturated rings. The van der Waals surface area contributed by atoms with E-state index < -0.39 is 0 Å². The highest BCUT2D eigenvalue weighted by Gasteiger charge is 2.11. The lowest BCUT2D eigenvalue weighted by Gasteiger charge is -2.04. The maximum absolute atomic E-state index is 11.8. The number of carbonyl (C=O) groups is 1. The number of halogens is 3. The van der Waals surface area contributed by atoms with Crippen molar-refractivity contribution in [3.8, 4) is 0 Å². The molecule has 18 heavy (non-hydrogen) atoms. The molecule has 1 aromatic carbocycles. The third kappa shape index (κ3) is 3.19. The Labute approximate surface area is 119 Å². The zero-order valence-electron chi connectivity index (χ0n) is 9.14. The Balaban J connectivity index is 2.00. The number of amides is 1. The molecule has 0 saturated heterocycles. The third-order valence-corrected chi connectivity index (χ3v) is 3.24. The molecule has 0 aliphatic rings. The van der Waals surface area contributed by atoms with Gasteiger partial charge < -0.3 is 10.3 Å². The summed E-state index contributed by atoms with van der Waals surface area (Å²) in [6.45, 7) is 0.383. The summed E-state index contributed by atoms with van der Waals surface area (Å²) in [6.07, 6.45) is 0. The molecule has 2 N–H and O–H groups in total. The Hall–Kier alpha value is -1.16. The van der Waals surface area contributed by atoms with Crippen molar-refractivity contribution in [1.82, 2.24) is 10.3 Å². The van der Waals surface area contributed by atoms with Crippen molar-refractivity contribution in [2.24, 2.45) is 0 Å². The Bertz CT molecular complexity index is 561. The smallest absolute Gasteiger partial charge is 0.268 e. The normalized spacial score (nSPS) is 10.4. The molecule has 3 nitrogen and oxygen atoms in total. The number of H-pyrrole nitrogens is 1. The standard InChI is InChI=1S/C12H9Cl3N2O/c13-8-3-1-2-7(4-8)6-16-12(18)10-5-9(14)11(15)17-10/h1-5,17H,6H2,(H,16,18). The first kappa shape index (κ1) is 13.3. The molecule has 0 aliphatic heterocycles. The van der Waals surface area contributed by atoms with E-state index in [-0.39, 0.29) is 11.1 Å². The molecule has 0 unspecified atom stereocenters. The molecule has 2 aromatic rings. The third-order valence-electron chi connectivity index (χ3n) is 2.31. The Kier molecular flexibility index (Phi) is 4.17. The number of aromatic amines is 1. The van der Waals surface area contributed by atoms with E-state index in [0.29, 0.717) is 22.3 Å². The molecular formula is C12H9Cl3N2O. The maximum atomic E-state index is 11.8. The molecule has 6 heteroatoms. The van der Waals surface area contributed by atoms with Crippen LogP contribution >= 0.6 is 34.8 Å². The molecule has 1 amide bonds. The highest BCUT2D eigenvalue weighted by atomic mass is 35.5. The van der Waals surface area contributed by atoms with E-state index in [2.05, 4.69) is 10.3 Å². The van der Waals surface area contributed by atoms with Crippen LogP contribution in [0.3, 0.4) is 0 Å². The fraction of sp³-hybridized carbons (Fsp3) is 0.0833. The van der Waals surface area contributed by atoms with Crippen molar-refractivity contribution in [1.29, 1.82) is 0 Å². The van der Waals surface area contributed by atoms with Gasteiger partial charge in [-0.1, -0.05) is 46.9 Å². The lowest BCUT2D eigenvalue weighted by Crippen LogP contribution is -2.23. The molecule has 0 saturated carbocycles. The van der Waals surface area contributed by atoms with Gasteiger partial charge in [-0.3, -0.25) is 4.79 Å². The minimum atomic E-state index is -0.274. The number of hydrogen-bond donors (Lipinski definition) is 2. The first-order valence-corrected chi connectivity index (χ1v) is 6.26. The topological polar surface area (TPSA) is 44.9 Å². The van der Waals surface area contributed by atoms with Gasteiger partial charge >= 0.3 is 0 Å². The Morgan fingerprint density at radius 2 is 2.00 bits per heavy atom. The van der Waals surface area contributed by atoms with Gasteiger partial charge in [0.15, 0.2) is 0 Å². The van der Waals surface area contributed by atoms with Gasteiger partial charge in [0.1, 0.15) is 10.8 Å². The van der Waals surface area contributed by atoms with Gasteiger partial charge in [-0.05, 0) is 23.8 Å². The van der Waals surface area contributed by atoms with E-state index in [1.165, 1.54) is 6.07 Å². The van der Waals surface area contributed by atoms with Crippen LogP contribution in [0.4, 0.5) is 0 Å². The Morgan fingerprint density at radius 3 is 2.61 bits per heavy atom. The second-order valence-electron chi connectivity index (χ2n) is 3.66. The first-order valence-electron chi connectivity index (χ1n) is 5.13. The summed E-state index contributed by atoms with van der Waals surface area (Å²) in [5.74, 6) is -0.274. The van der Waals surface area contributed by atoms with E-state index >= 15 is 0 Å². The average Bonchev–Trinajstić information content (AvgIpc) is 2.67. The van der Waals surface area contributed by atoms with Gasteiger partial charge in [0, 0.05) is 11.6 Å². The number of benzene rings is 1. The van der Waals surface area contributed by atoms with E-state index in [1.54, 1.807) is 12.1 Å². The molecule has 2 rings (SSSR count). The van der Waals surface area contributed by atoms with Crippen molar-refractivity contribution in [3.05, 3.63) is 56.8 Å².